The third-order valence-corrected chi connectivity index (χ3v) is 6.35. The zero-order valence-corrected chi connectivity index (χ0v) is 11.8. The average molecular weight is 296 g/mol. The number of fused-ring (bicyclic) bond motifs is 1. The lowest BCUT2D eigenvalue weighted by molar-refractivity contribution is -0.558. The number of amidine groups is 1. The zero-order chi connectivity index (χ0) is 13.5. The molecule has 1 fully saturated rings. The topological polar surface area (TPSA) is 75.5 Å². The van der Waals surface area contributed by atoms with Gasteiger partial charge in [0.1, 0.15) is 0 Å². The molecule has 5 nitrogen and oxygen atoms in total. The Balaban J connectivity index is 1.85. The maximum Gasteiger partial charge on any atom is 0.330 e. The van der Waals surface area contributed by atoms with Gasteiger partial charge in [0.25, 0.3) is 0 Å². The Morgan fingerprint density at radius 2 is 2.05 bits per heavy atom. The van der Waals surface area contributed by atoms with E-state index in [4.69, 9.17) is 5.73 Å². The highest BCUT2D eigenvalue weighted by molar-refractivity contribution is 8.15. The molecule has 2 aliphatic heterocycles. The molecule has 1 aromatic rings. The molecule has 0 spiro atoms. The Morgan fingerprint density at radius 1 is 1.32 bits per heavy atom. The van der Waals surface area contributed by atoms with Crippen LogP contribution in [-0.4, -0.2) is 47.3 Å². The van der Waals surface area contributed by atoms with Crippen LogP contribution >= 0.6 is 11.8 Å². The zero-order valence-electron chi connectivity index (χ0n) is 10.1. The lowest BCUT2D eigenvalue weighted by Gasteiger charge is -2.03. The second-order valence-corrected chi connectivity index (χ2v) is 8.05. The molecule has 0 aliphatic carbocycles. The lowest BCUT2D eigenvalue weighted by Crippen LogP contribution is -2.29. The second kappa shape index (κ2) is 4.64. The van der Waals surface area contributed by atoms with Gasteiger partial charge in [-0.25, -0.2) is 8.42 Å². The third-order valence-electron chi connectivity index (χ3n) is 3.21. The molecule has 7 heteroatoms. The van der Waals surface area contributed by atoms with E-state index in [1.807, 2.05) is 30.3 Å². The quantitative estimate of drug-likeness (QED) is 0.627. The van der Waals surface area contributed by atoms with Crippen LogP contribution in [0.4, 0.5) is 0 Å². The maximum absolute atomic E-state index is 11.6. The number of nitrogens with zero attached hydrogens (tertiary/aromatic N) is 2. The van der Waals surface area contributed by atoms with Crippen molar-refractivity contribution in [3.05, 3.63) is 35.9 Å². The minimum absolute atomic E-state index is 0.0120. The van der Waals surface area contributed by atoms with E-state index in [-0.39, 0.29) is 22.8 Å². The molecule has 0 amide bonds. The van der Waals surface area contributed by atoms with Gasteiger partial charge in [-0.1, -0.05) is 35.4 Å². The van der Waals surface area contributed by atoms with Crippen LogP contribution in [0.15, 0.2) is 35.4 Å². The Kier molecular flexibility index (Phi) is 3.10. The molecule has 0 aromatic heterocycles. The van der Waals surface area contributed by atoms with Gasteiger partial charge in [0.15, 0.2) is 15.9 Å². The summed E-state index contributed by atoms with van der Waals surface area (Å²) in [7, 11) is -2.95. The molecule has 0 bridgehead atoms. The van der Waals surface area contributed by atoms with Gasteiger partial charge >= 0.3 is 5.17 Å². The molecule has 0 saturated carbocycles. The molecule has 2 N–H and O–H groups in total. The standard InChI is InChI=1S/C12H13N3O2S2/c13-12-15(14-6-9-4-2-1-3-5-9)10-7-19(16,17)8-11(10)18-12/h1-6,10-11,13H,7-8H2/p+1/b14-6+. The number of nitrogens with two attached hydrogens (primary N) is 1. The fourth-order valence-electron chi connectivity index (χ4n) is 2.32. The minimum Gasteiger partial charge on any atom is -0.279 e. The molecule has 2 unspecified atom stereocenters. The predicted octanol–water partition coefficient (Wildman–Crippen LogP) is 0.260. The van der Waals surface area contributed by atoms with Crippen LogP contribution in [0, 0.1) is 0 Å². The monoisotopic (exact) mass is 296 g/mol. The SMILES string of the molecule is NC1=[N+](/N=C/c2ccccc2)C2CS(=O)(=O)CC2S1. The molecule has 19 heavy (non-hydrogen) atoms. The van der Waals surface area contributed by atoms with Crippen LogP contribution < -0.4 is 5.73 Å². The summed E-state index contributed by atoms with van der Waals surface area (Å²) in [5.41, 5.74) is 6.88. The van der Waals surface area contributed by atoms with Crippen LogP contribution in [0.3, 0.4) is 0 Å². The van der Waals surface area contributed by atoms with E-state index >= 15 is 0 Å². The molecule has 1 saturated heterocycles. The third kappa shape index (κ3) is 2.52. The van der Waals surface area contributed by atoms with E-state index < -0.39 is 9.84 Å². The van der Waals surface area contributed by atoms with Crippen molar-refractivity contribution in [3.63, 3.8) is 0 Å². The lowest BCUT2D eigenvalue weighted by atomic mass is 10.2. The number of sulfone groups is 1. The normalized spacial score (nSPS) is 29.1. The highest BCUT2D eigenvalue weighted by Crippen LogP contribution is 2.32. The van der Waals surface area contributed by atoms with Crippen molar-refractivity contribution in [3.8, 4) is 0 Å². The highest BCUT2D eigenvalue weighted by Gasteiger charge is 2.49. The molecule has 1 aromatic carbocycles. The van der Waals surface area contributed by atoms with Crippen molar-refractivity contribution in [2.75, 3.05) is 11.5 Å². The van der Waals surface area contributed by atoms with E-state index in [2.05, 4.69) is 5.10 Å². The summed E-state index contributed by atoms with van der Waals surface area (Å²) in [5, 5.41) is 4.94. The van der Waals surface area contributed by atoms with Gasteiger partial charge in [0, 0.05) is 0 Å². The van der Waals surface area contributed by atoms with Gasteiger partial charge in [-0.3, -0.25) is 5.73 Å². The van der Waals surface area contributed by atoms with Crippen LogP contribution in [0.1, 0.15) is 5.56 Å². The summed E-state index contributed by atoms with van der Waals surface area (Å²) >= 11 is 1.41. The average Bonchev–Trinajstić information content (AvgIpc) is 2.79. The van der Waals surface area contributed by atoms with Crippen molar-refractivity contribution in [2.24, 2.45) is 10.8 Å². The van der Waals surface area contributed by atoms with E-state index in [9.17, 15) is 8.42 Å². The van der Waals surface area contributed by atoms with Crippen LogP contribution in [-0.2, 0) is 9.84 Å². The molecule has 2 heterocycles. The number of hydrogen-bond donors (Lipinski definition) is 1. The van der Waals surface area contributed by atoms with Crippen molar-refractivity contribution < 1.29 is 13.1 Å². The first-order valence-electron chi connectivity index (χ1n) is 5.93. The van der Waals surface area contributed by atoms with Crippen molar-refractivity contribution in [1.29, 1.82) is 0 Å². The maximum atomic E-state index is 11.6. The first-order chi connectivity index (χ1) is 9.05. The molecule has 2 atom stereocenters. The Hall–Kier alpha value is -1.34. The number of rotatable bonds is 2. The number of thioether (sulfide) groups is 1. The van der Waals surface area contributed by atoms with Gasteiger partial charge < -0.3 is 0 Å². The van der Waals surface area contributed by atoms with Crippen LogP contribution in [0.2, 0.25) is 0 Å². The first kappa shape index (κ1) is 12.7. The first-order valence-corrected chi connectivity index (χ1v) is 8.63. The van der Waals surface area contributed by atoms with E-state index in [1.54, 1.807) is 10.9 Å². The molecule has 100 valence electrons. The van der Waals surface area contributed by atoms with Gasteiger partial charge in [-0.15, -0.1) is 4.68 Å². The highest BCUT2D eigenvalue weighted by atomic mass is 32.2. The molecular formula is C12H14N3O2S2+. The van der Waals surface area contributed by atoms with Crippen molar-refractivity contribution in [2.45, 2.75) is 11.3 Å². The fourth-order valence-corrected chi connectivity index (χ4v) is 6.06. The largest absolute Gasteiger partial charge is 0.330 e. The molecule has 2 aliphatic rings. The van der Waals surface area contributed by atoms with Crippen LogP contribution in [0.25, 0.3) is 0 Å². The second-order valence-electron chi connectivity index (χ2n) is 4.64. The predicted molar refractivity (Wildman–Crippen MR) is 77.3 cm³/mol. The Morgan fingerprint density at radius 3 is 2.79 bits per heavy atom. The summed E-state index contributed by atoms with van der Waals surface area (Å²) < 4.78 is 24.9. The van der Waals surface area contributed by atoms with E-state index in [0.29, 0.717) is 5.17 Å². The summed E-state index contributed by atoms with van der Waals surface area (Å²) in [5.74, 6) is 0.331. The summed E-state index contributed by atoms with van der Waals surface area (Å²) in [6.45, 7) is 0. The smallest absolute Gasteiger partial charge is 0.279 e. The molecule has 3 rings (SSSR count). The van der Waals surface area contributed by atoms with Gasteiger partial charge in [-0.2, -0.15) is 0 Å². The number of hydrazone groups is 1. The van der Waals surface area contributed by atoms with Gasteiger partial charge in [0.05, 0.1) is 23.0 Å². The van der Waals surface area contributed by atoms with Crippen LogP contribution in [0.5, 0.6) is 0 Å². The van der Waals surface area contributed by atoms with Crippen molar-refractivity contribution >= 4 is 33.0 Å². The summed E-state index contributed by atoms with van der Waals surface area (Å²) in [4.78, 5) is 0. The van der Waals surface area contributed by atoms with E-state index in [0.717, 1.165) is 5.56 Å². The fraction of sp³-hybridized carbons (Fsp3) is 0.333. The molecule has 0 radical (unpaired) electrons. The van der Waals surface area contributed by atoms with E-state index in [1.165, 1.54) is 11.8 Å². The molecular weight excluding hydrogens is 282 g/mol. The van der Waals surface area contributed by atoms with Crippen molar-refractivity contribution in [1.82, 2.24) is 0 Å². The number of benzene rings is 1. The summed E-state index contributed by atoms with van der Waals surface area (Å²) in [6, 6.07) is 9.53. The Labute approximate surface area is 116 Å². The Bertz CT molecular complexity index is 653. The number of hydrogen-bond acceptors (Lipinski definition) is 5. The van der Waals surface area contributed by atoms with Gasteiger partial charge in [-0.05, 0) is 17.3 Å². The summed E-state index contributed by atoms with van der Waals surface area (Å²) in [6.07, 6.45) is 1.71. The van der Waals surface area contributed by atoms with Gasteiger partial charge in [0.2, 0.25) is 0 Å². The minimum atomic E-state index is -2.95.